The van der Waals surface area contributed by atoms with E-state index in [0.29, 0.717) is 23.6 Å². The number of ether oxygens (including phenoxy) is 2. The molecule has 0 aromatic rings. The molecule has 2 rings (SSSR count). The Morgan fingerprint density at radius 1 is 1.50 bits per heavy atom. The standard InChI is InChI=1S/C12H14ClNO5S/c1-7(15)18-4-8-6-20-11-2-10(17)14(11)12(8)19-5-9(16)3-13/h11H,2-6H2,1H3/t11-/m1/s1. The minimum absolute atomic E-state index is 0.0460. The molecule has 20 heavy (non-hydrogen) atoms. The molecule has 0 radical (unpaired) electrons. The summed E-state index contributed by atoms with van der Waals surface area (Å²) in [4.78, 5) is 35.3. The van der Waals surface area contributed by atoms with Crippen LogP contribution in [0.15, 0.2) is 11.5 Å². The zero-order valence-corrected chi connectivity index (χ0v) is 12.5. The van der Waals surface area contributed by atoms with Crippen LogP contribution in [0.2, 0.25) is 0 Å². The molecule has 2 aliphatic rings. The molecule has 2 heterocycles. The second-order valence-corrected chi connectivity index (χ2v) is 5.82. The fourth-order valence-corrected chi connectivity index (χ4v) is 3.15. The van der Waals surface area contributed by atoms with Crippen molar-refractivity contribution in [2.24, 2.45) is 0 Å². The lowest BCUT2D eigenvalue weighted by Crippen LogP contribution is -2.53. The molecule has 0 saturated carbocycles. The highest BCUT2D eigenvalue weighted by Crippen LogP contribution is 2.40. The predicted octanol–water partition coefficient (Wildman–Crippen LogP) is 0.891. The molecule has 0 aromatic carbocycles. The van der Waals surface area contributed by atoms with Crippen LogP contribution < -0.4 is 0 Å². The molecule has 1 fully saturated rings. The summed E-state index contributed by atoms with van der Waals surface area (Å²) in [5.74, 6) is 0.0650. The maximum absolute atomic E-state index is 11.7. The Hall–Kier alpha value is -1.21. The third-order valence-electron chi connectivity index (χ3n) is 2.85. The maximum atomic E-state index is 11.7. The number of carbonyl (C=O) groups is 3. The molecule has 6 nitrogen and oxygen atoms in total. The number of esters is 1. The number of ketones is 1. The highest BCUT2D eigenvalue weighted by Gasteiger charge is 2.44. The van der Waals surface area contributed by atoms with Crippen LogP contribution >= 0.6 is 23.4 Å². The number of Topliss-reactive ketones (excluding diaryl/α,β-unsaturated/α-hetero) is 1. The van der Waals surface area contributed by atoms with Crippen LogP contribution in [0.5, 0.6) is 0 Å². The number of rotatable bonds is 6. The Balaban J connectivity index is 2.11. The Kier molecular flexibility index (Phi) is 4.93. The molecule has 1 amide bonds. The SMILES string of the molecule is CC(=O)OCC1=C(OCC(=O)CCl)N2C(=O)C[C@H]2SC1. The summed E-state index contributed by atoms with van der Waals surface area (Å²) in [6.07, 6.45) is 0.460. The first-order valence-corrected chi connectivity index (χ1v) is 7.60. The topological polar surface area (TPSA) is 72.9 Å². The third-order valence-corrected chi connectivity index (χ3v) is 4.42. The zero-order valence-electron chi connectivity index (χ0n) is 10.9. The summed E-state index contributed by atoms with van der Waals surface area (Å²) in [5.41, 5.74) is 0.692. The smallest absolute Gasteiger partial charge is 0.302 e. The molecule has 1 saturated heterocycles. The molecule has 2 aliphatic heterocycles. The van der Waals surface area contributed by atoms with Crippen molar-refractivity contribution in [3.8, 4) is 0 Å². The van der Waals surface area contributed by atoms with Crippen LogP contribution in [0.3, 0.4) is 0 Å². The number of carbonyl (C=O) groups excluding carboxylic acids is 3. The van der Waals surface area contributed by atoms with Crippen molar-refractivity contribution in [1.82, 2.24) is 4.90 Å². The molecule has 110 valence electrons. The van der Waals surface area contributed by atoms with Gasteiger partial charge in [-0.15, -0.1) is 23.4 Å². The predicted molar refractivity (Wildman–Crippen MR) is 73.0 cm³/mol. The van der Waals surface area contributed by atoms with Gasteiger partial charge in [0.1, 0.15) is 13.2 Å². The molecule has 0 aromatic heterocycles. The van der Waals surface area contributed by atoms with E-state index >= 15 is 0 Å². The minimum atomic E-state index is -0.407. The van der Waals surface area contributed by atoms with Gasteiger partial charge >= 0.3 is 5.97 Å². The van der Waals surface area contributed by atoms with E-state index in [-0.39, 0.29) is 36.2 Å². The second-order valence-electron chi connectivity index (χ2n) is 4.38. The van der Waals surface area contributed by atoms with E-state index in [0.717, 1.165) is 0 Å². The summed E-state index contributed by atoms with van der Waals surface area (Å²) in [6.45, 7) is 1.18. The largest absolute Gasteiger partial charge is 0.471 e. The summed E-state index contributed by atoms with van der Waals surface area (Å²) in [6, 6.07) is 0. The second kappa shape index (κ2) is 6.49. The van der Waals surface area contributed by atoms with Crippen LogP contribution in [0, 0.1) is 0 Å². The van der Waals surface area contributed by atoms with Crippen LogP contribution in [0.4, 0.5) is 0 Å². The monoisotopic (exact) mass is 319 g/mol. The van der Waals surface area contributed by atoms with Gasteiger partial charge < -0.3 is 9.47 Å². The van der Waals surface area contributed by atoms with E-state index in [1.165, 1.54) is 11.8 Å². The average molecular weight is 320 g/mol. The fourth-order valence-electron chi connectivity index (χ4n) is 1.84. The number of thioether (sulfide) groups is 1. The van der Waals surface area contributed by atoms with Gasteiger partial charge in [0.05, 0.1) is 17.7 Å². The Bertz CT molecular complexity index is 478. The van der Waals surface area contributed by atoms with Gasteiger partial charge in [0.2, 0.25) is 11.8 Å². The summed E-state index contributed by atoms with van der Waals surface area (Å²) < 4.78 is 10.4. The summed E-state index contributed by atoms with van der Waals surface area (Å²) in [7, 11) is 0. The van der Waals surface area contributed by atoms with Gasteiger partial charge in [-0.05, 0) is 0 Å². The summed E-state index contributed by atoms with van der Waals surface area (Å²) in [5, 5.41) is 0.0460. The number of hydrogen-bond donors (Lipinski definition) is 0. The molecule has 0 unspecified atom stereocenters. The summed E-state index contributed by atoms with van der Waals surface area (Å²) >= 11 is 7.00. The quantitative estimate of drug-likeness (QED) is 0.411. The first-order chi connectivity index (χ1) is 9.52. The van der Waals surface area contributed by atoms with Crippen LogP contribution in [0.25, 0.3) is 0 Å². The van der Waals surface area contributed by atoms with E-state index < -0.39 is 5.97 Å². The lowest BCUT2D eigenvalue weighted by Gasteiger charge is -2.44. The average Bonchev–Trinajstić information content (AvgIpc) is 2.41. The number of fused-ring (bicyclic) bond motifs is 1. The highest BCUT2D eigenvalue weighted by molar-refractivity contribution is 8.00. The van der Waals surface area contributed by atoms with Crippen molar-refractivity contribution in [2.75, 3.05) is 24.8 Å². The molecule has 0 bridgehead atoms. The molecular weight excluding hydrogens is 306 g/mol. The maximum Gasteiger partial charge on any atom is 0.302 e. The number of amides is 1. The van der Waals surface area contributed by atoms with E-state index in [9.17, 15) is 14.4 Å². The van der Waals surface area contributed by atoms with Crippen molar-refractivity contribution in [2.45, 2.75) is 18.7 Å². The van der Waals surface area contributed by atoms with E-state index in [4.69, 9.17) is 21.1 Å². The van der Waals surface area contributed by atoms with Gasteiger partial charge in [-0.25, -0.2) is 0 Å². The normalized spacial score (nSPS) is 21.2. The van der Waals surface area contributed by atoms with Gasteiger partial charge in [-0.1, -0.05) is 0 Å². The van der Waals surface area contributed by atoms with Crippen molar-refractivity contribution >= 4 is 41.0 Å². The Morgan fingerprint density at radius 3 is 2.85 bits per heavy atom. The van der Waals surface area contributed by atoms with Gasteiger partial charge in [0.15, 0.2) is 5.78 Å². The number of hydrogen-bond acceptors (Lipinski definition) is 6. The van der Waals surface area contributed by atoms with Crippen molar-refractivity contribution in [3.05, 3.63) is 11.5 Å². The number of alkyl halides is 1. The molecular formula is C12H14ClNO5S. The molecule has 1 atom stereocenters. The van der Waals surface area contributed by atoms with Gasteiger partial charge in [0.25, 0.3) is 0 Å². The molecule has 0 N–H and O–H groups in total. The molecule has 0 spiro atoms. The first kappa shape index (κ1) is 15.2. The third kappa shape index (κ3) is 3.27. The Morgan fingerprint density at radius 2 is 2.25 bits per heavy atom. The first-order valence-electron chi connectivity index (χ1n) is 6.02. The van der Waals surface area contributed by atoms with E-state index in [1.807, 2.05) is 0 Å². The highest BCUT2D eigenvalue weighted by atomic mass is 35.5. The minimum Gasteiger partial charge on any atom is -0.471 e. The zero-order chi connectivity index (χ0) is 14.7. The lowest BCUT2D eigenvalue weighted by atomic mass is 10.1. The van der Waals surface area contributed by atoms with E-state index in [1.54, 1.807) is 11.8 Å². The molecule has 8 heteroatoms. The number of halogens is 1. The van der Waals surface area contributed by atoms with E-state index in [2.05, 4.69) is 0 Å². The van der Waals surface area contributed by atoms with Crippen LogP contribution in [-0.4, -0.2) is 52.8 Å². The van der Waals surface area contributed by atoms with Crippen LogP contribution in [0.1, 0.15) is 13.3 Å². The number of nitrogens with zero attached hydrogens (tertiary/aromatic N) is 1. The Labute approximate surface area is 125 Å². The van der Waals surface area contributed by atoms with Crippen molar-refractivity contribution in [1.29, 1.82) is 0 Å². The number of β-lactam (4-membered cyclic amide) rings is 1. The van der Waals surface area contributed by atoms with Gasteiger partial charge in [-0.2, -0.15) is 0 Å². The van der Waals surface area contributed by atoms with Gasteiger partial charge in [0, 0.05) is 18.2 Å². The van der Waals surface area contributed by atoms with Crippen molar-refractivity contribution in [3.63, 3.8) is 0 Å². The van der Waals surface area contributed by atoms with Crippen LogP contribution in [-0.2, 0) is 23.9 Å². The fraction of sp³-hybridized carbons (Fsp3) is 0.583. The van der Waals surface area contributed by atoms with Crippen molar-refractivity contribution < 1.29 is 23.9 Å². The lowest BCUT2D eigenvalue weighted by molar-refractivity contribution is -0.144. The van der Waals surface area contributed by atoms with Gasteiger partial charge in [-0.3, -0.25) is 19.3 Å². The molecule has 0 aliphatic carbocycles.